The number of nitriles is 1. The summed E-state index contributed by atoms with van der Waals surface area (Å²) in [4.78, 5) is 10.8. The third-order valence-electron chi connectivity index (χ3n) is 3.54. The highest BCUT2D eigenvalue weighted by Crippen LogP contribution is 2.32. The van der Waals surface area contributed by atoms with Crippen LogP contribution in [0.15, 0.2) is 54.6 Å². The molecule has 0 fully saturated rings. The van der Waals surface area contributed by atoms with Crippen LogP contribution < -0.4 is 4.74 Å². The molecule has 112 valence electrons. The van der Waals surface area contributed by atoms with Gasteiger partial charge in [0.15, 0.2) is 0 Å². The molecule has 0 aliphatic heterocycles. The van der Waals surface area contributed by atoms with E-state index in [9.17, 15) is 10.1 Å². The highest BCUT2D eigenvalue weighted by molar-refractivity contribution is 5.67. The van der Waals surface area contributed by atoms with E-state index in [1.807, 2.05) is 48.5 Å². The van der Waals surface area contributed by atoms with Crippen molar-refractivity contribution in [3.05, 3.63) is 60.2 Å². The van der Waals surface area contributed by atoms with Crippen molar-refractivity contribution < 1.29 is 14.6 Å². The van der Waals surface area contributed by atoms with Crippen LogP contribution in [-0.4, -0.2) is 11.1 Å². The fraction of sp³-hybridized carbons (Fsp3) is 0.222. The SMILES string of the molecule is CC(C#N)(CCC(=O)O)c1cccc(Oc2ccccc2)c1. The molecular weight excluding hydrogens is 278 g/mol. The molecule has 2 aromatic rings. The van der Waals surface area contributed by atoms with Crippen molar-refractivity contribution in [3.63, 3.8) is 0 Å². The van der Waals surface area contributed by atoms with Crippen LogP contribution in [0.3, 0.4) is 0 Å². The third kappa shape index (κ3) is 3.86. The van der Waals surface area contributed by atoms with Crippen molar-refractivity contribution >= 4 is 5.97 Å². The Labute approximate surface area is 129 Å². The number of hydrogen-bond acceptors (Lipinski definition) is 3. The minimum Gasteiger partial charge on any atom is -0.481 e. The van der Waals surface area contributed by atoms with Crippen LogP contribution in [-0.2, 0) is 10.2 Å². The first kappa shape index (κ1) is 15.6. The first-order valence-electron chi connectivity index (χ1n) is 7.00. The van der Waals surface area contributed by atoms with Crippen LogP contribution >= 0.6 is 0 Å². The molecule has 22 heavy (non-hydrogen) atoms. The van der Waals surface area contributed by atoms with E-state index in [4.69, 9.17) is 9.84 Å². The number of carbonyl (C=O) groups is 1. The van der Waals surface area contributed by atoms with E-state index in [0.29, 0.717) is 11.5 Å². The smallest absolute Gasteiger partial charge is 0.303 e. The summed E-state index contributed by atoms with van der Waals surface area (Å²) in [5.41, 5.74) is -0.0984. The third-order valence-corrected chi connectivity index (χ3v) is 3.54. The van der Waals surface area contributed by atoms with Gasteiger partial charge in [0.2, 0.25) is 0 Å². The van der Waals surface area contributed by atoms with Crippen LogP contribution in [0.5, 0.6) is 11.5 Å². The van der Waals surface area contributed by atoms with E-state index >= 15 is 0 Å². The fourth-order valence-corrected chi connectivity index (χ4v) is 2.15. The van der Waals surface area contributed by atoms with Gasteiger partial charge in [0, 0.05) is 6.42 Å². The number of nitrogens with zero attached hydrogens (tertiary/aromatic N) is 1. The van der Waals surface area contributed by atoms with Gasteiger partial charge >= 0.3 is 5.97 Å². The lowest BCUT2D eigenvalue weighted by Gasteiger charge is -2.21. The summed E-state index contributed by atoms with van der Waals surface area (Å²) in [5, 5.41) is 18.3. The van der Waals surface area contributed by atoms with Gasteiger partial charge in [-0.2, -0.15) is 5.26 Å². The molecule has 1 atom stereocenters. The van der Waals surface area contributed by atoms with Gasteiger partial charge in [-0.3, -0.25) is 4.79 Å². The van der Waals surface area contributed by atoms with Crippen molar-refractivity contribution in [2.45, 2.75) is 25.2 Å². The zero-order chi connectivity index (χ0) is 16.0. The molecule has 0 aliphatic rings. The Morgan fingerprint density at radius 3 is 2.50 bits per heavy atom. The van der Waals surface area contributed by atoms with Crippen LogP contribution in [0, 0.1) is 11.3 Å². The minimum atomic E-state index is -0.904. The Hall–Kier alpha value is -2.80. The van der Waals surface area contributed by atoms with Gasteiger partial charge in [0.05, 0.1) is 11.5 Å². The Morgan fingerprint density at radius 1 is 1.18 bits per heavy atom. The molecule has 0 amide bonds. The molecule has 0 spiro atoms. The molecule has 2 rings (SSSR count). The van der Waals surface area contributed by atoms with Gasteiger partial charge < -0.3 is 9.84 Å². The highest BCUT2D eigenvalue weighted by atomic mass is 16.5. The van der Waals surface area contributed by atoms with Gasteiger partial charge in [0.25, 0.3) is 0 Å². The predicted octanol–water partition coefficient (Wildman–Crippen LogP) is 4.12. The first-order chi connectivity index (χ1) is 10.5. The Balaban J connectivity index is 2.23. The molecule has 0 bridgehead atoms. The predicted molar refractivity (Wildman–Crippen MR) is 82.8 cm³/mol. The van der Waals surface area contributed by atoms with Crippen LogP contribution in [0.25, 0.3) is 0 Å². The van der Waals surface area contributed by atoms with E-state index < -0.39 is 11.4 Å². The molecule has 0 saturated heterocycles. The molecule has 0 aliphatic carbocycles. The number of para-hydroxylation sites is 1. The number of ether oxygens (including phenoxy) is 1. The molecule has 1 N–H and O–H groups in total. The average Bonchev–Trinajstić information content (AvgIpc) is 2.54. The fourth-order valence-electron chi connectivity index (χ4n) is 2.15. The summed E-state index contributed by atoms with van der Waals surface area (Å²) >= 11 is 0. The van der Waals surface area contributed by atoms with Gasteiger partial charge in [-0.25, -0.2) is 0 Å². The van der Waals surface area contributed by atoms with Crippen LogP contribution in [0.2, 0.25) is 0 Å². The summed E-state index contributed by atoms with van der Waals surface area (Å²) in [5.74, 6) is 0.433. The molecule has 0 saturated carbocycles. The van der Waals surface area contributed by atoms with Gasteiger partial charge in [0.1, 0.15) is 11.5 Å². The number of carboxylic acid groups (broad SMARTS) is 1. The molecule has 0 heterocycles. The molecule has 4 heteroatoms. The summed E-state index contributed by atoms with van der Waals surface area (Å²) in [6.07, 6.45) is 0.210. The number of aliphatic carboxylic acids is 1. The highest BCUT2D eigenvalue weighted by Gasteiger charge is 2.27. The largest absolute Gasteiger partial charge is 0.481 e. The second-order valence-corrected chi connectivity index (χ2v) is 5.28. The standard InChI is InChI=1S/C18H17NO3/c1-18(13-19,11-10-17(20)21)14-6-5-9-16(12-14)22-15-7-3-2-4-8-15/h2-9,12H,10-11H2,1H3,(H,20,21). The van der Waals surface area contributed by atoms with Crippen molar-refractivity contribution in [1.82, 2.24) is 0 Å². The topological polar surface area (TPSA) is 70.3 Å². The lowest BCUT2D eigenvalue weighted by molar-refractivity contribution is -0.137. The normalized spacial score (nSPS) is 12.9. The van der Waals surface area contributed by atoms with E-state index in [2.05, 4.69) is 6.07 Å². The first-order valence-corrected chi connectivity index (χ1v) is 7.00. The van der Waals surface area contributed by atoms with Gasteiger partial charge in [-0.15, -0.1) is 0 Å². The van der Waals surface area contributed by atoms with Crippen LogP contribution in [0.4, 0.5) is 0 Å². The summed E-state index contributed by atoms with van der Waals surface area (Å²) in [6.45, 7) is 1.75. The van der Waals surface area contributed by atoms with E-state index in [-0.39, 0.29) is 12.8 Å². The molecule has 0 radical (unpaired) electrons. The number of carboxylic acids is 1. The maximum Gasteiger partial charge on any atom is 0.303 e. The maximum absolute atomic E-state index is 10.8. The van der Waals surface area contributed by atoms with Crippen LogP contribution in [0.1, 0.15) is 25.3 Å². The molecule has 2 aromatic carbocycles. The molecule has 0 aromatic heterocycles. The average molecular weight is 295 g/mol. The summed E-state index contributed by atoms with van der Waals surface area (Å²) in [6, 6.07) is 18.8. The molecular formula is C18H17NO3. The van der Waals surface area contributed by atoms with E-state index in [1.54, 1.807) is 13.0 Å². The minimum absolute atomic E-state index is 0.0478. The lowest BCUT2D eigenvalue weighted by atomic mass is 9.80. The molecule has 1 unspecified atom stereocenters. The van der Waals surface area contributed by atoms with E-state index in [0.717, 1.165) is 5.56 Å². The van der Waals surface area contributed by atoms with Gasteiger partial charge in [-0.05, 0) is 43.2 Å². The summed E-state index contributed by atoms with van der Waals surface area (Å²) < 4.78 is 5.76. The van der Waals surface area contributed by atoms with Crippen molar-refractivity contribution in [1.29, 1.82) is 5.26 Å². The van der Waals surface area contributed by atoms with Gasteiger partial charge in [-0.1, -0.05) is 30.3 Å². The van der Waals surface area contributed by atoms with Crippen molar-refractivity contribution in [2.24, 2.45) is 0 Å². The Kier molecular flexibility index (Phi) is 4.80. The van der Waals surface area contributed by atoms with E-state index in [1.165, 1.54) is 0 Å². The second-order valence-electron chi connectivity index (χ2n) is 5.28. The summed E-state index contributed by atoms with van der Waals surface area (Å²) in [7, 11) is 0. The zero-order valence-electron chi connectivity index (χ0n) is 12.3. The number of benzene rings is 2. The molecule has 4 nitrogen and oxygen atoms in total. The number of rotatable bonds is 6. The lowest BCUT2D eigenvalue weighted by Crippen LogP contribution is -2.21. The van der Waals surface area contributed by atoms with Crippen molar-refractivity contribution in [3.8, 4) is 17.6 Å². The monoisotopic (exact) mass is 295 g/mol. The van der Waals surface area contributed by atoms with Crippen molar-refractivity contribution in [2.75, 3.05) is 0 Å². The Bertz CT molecular complexity index is 691. The second kappa shape index (κ2) is 6.77. The Morgan fingerprint density at radius 2 is 1.86 bits per heavy atom. The zero-order valence-corrected chi connectivity index (χ0v) is 12.3. The quantitative estimate of drug-likeness (QED) is 0.870. The maximum atomic E-state index is 10.8. The number of hydrogen-bond donors (Lipinski definition) is 1.